The molecule has 7 rings (SSSR count). The number of anilines is 1. The van der Waals surface area contributed by atoms with Crippen molar-refractivity contribution in [3.05, 3.63) is 86.0 Å². The number of hydrogen-bond donors (Lipinski definition) is 1. The van der Waals surface area contributed by atoms with Crippen LogP contribution < -0.4 is 15.0 Å². The minimum atomic E-state index is -0.664. The van der Waals surface area contributed by atoms with Crippen molar-refractivity contribution >= 4 is 58.5 Å². The second-order valence-corrected chi connectivity index (χ2v) is 17.8. The Balaban J connectivity index is 1.08. The van der Waals surface area contributed by atoms with Gasteiger partial charge in [0.25, 0.3) is 0 Å². The second kappa shape index (κ2) is 16.4. The Kier molecular flexibility index (Phi) is 11.8. The molecule has 3 amide bonds. The minimum absolute atomic E-state index is 0.00670. The fourth-order valence-electron chi connectivity index (χ4n) is 7.62. The van der Waals surface area contributed by atoms with Crippen molar-refractivity contribution in [3.8, 4) is 5.75 Å². The van der Waals surface area contributed by atoms with Crippen molar-refractivity contribution in [2.45, 2.75) is 109 Å². The lowest BCUT2D eigenvalue weighted by Gasteiger charge is -2.40. The number of aromatic nitrogens is 1. The number of nitrogens with zero attached hydrogens (tertiary/aromatic N) is 4. The van der Waals surface area contributed by atoms with E-state index in [9.17, 15) is 14.4 Å². The third-order valence-electron chi connectivity index (χ3n) is 10.7. The predicted molar refractivity (Wildman–Crippen MR) is 215 cm³/mol. The SMILES string of the molecule is Cc1cc(Cl)c(O[C@H]2CCN(c3ccc(C4CCN(C(=O)OC(C)(C)C)CC4C(=O)N(Cc4cc(CC(=O)NC5CC5)ccc4Cl)C4CC4)cn3)C2)c(Cl)c1. The highest BCUT2D eigenvalue weighted by Crippen LogP contribution is 2.40. The van der Waals surface area contributed by atoms with E-state index < -0.39 is 17.6 Å². The van der Waals surface area contributed by atoms with Crippen LogP contribution in [0.5, 0.6) is 5.75 Å². The fourth-order valence-corrected chi connectivity index (χ4v) is 8.48. The number of pyridine rings is 1. The summed E-state index contributed by atoms with van der Waals surface area (Å²) >= 11 is 19.7. The molecule has 3 aromatic rings. The number of piperidine rings is 1. The number of ether oxygens (including phenoxy) is 2. The number of aryl methyl sites for hydroxylation is 1. The van der Waals surface area contributed by atoms with Gasteiger partial charge in [-0.2, -0.15) is 0 Å². The summed E-state index contributed by atoms with van der Waals surface area (Å²) in [6.07, 6.45) is 6.85. The molecule has 1 N–H and O–H groups in total. The lowest BCUT2D eigenvalue weighted by atomic mass is 9.80. The average Bonchev–Trinajstić information content (AvgIpc) is 4.08. The molecule has 0 radical (unpaired) electrons. The first-order chi connectivity index (χ1) is 26.2. The van der Waals surface area contributed by atoms with Crippen LogP contribution in [0.1, 0.15) is 87.5 Å². The molecule has 2 aromatic carbocycles. The first-order valence-corrected chi connectivity index (χ1v) is 20.5. The summed E-state index contributed by atoms with van der Waals surface area (Å²) in [6, 6.07) is 13.8. The molecular weight excluding hydrogens is 761 g/mol. The van der Waals surface area contributed by atoms with Crippen molar-refractivity contribution in [1.29, 1.82) is 0 Å². The third kappa shape index (κ3) is 9.99. The number of hydrogen-bond acceptors (Lipinski definition) is 7. The second-order valence-electron chi connectivity index (χ2n) is 16.6. The Morgan fingerprint density at radius 1 is 0.909 bits per heavy atom. The number of carbonyl (C=O) groups excluding carboxylic acids is 3. The molecule has 55 heavy (non-hydrogen) atoms. The van der Waals surface area contributed by atoms with E-state index in [2.05, 4.69) is 16.3 Å². The van der Waals surface area contributed by atoms with Crippen LogP contribution in [0.3, 0.4) is 0 Å². The van der Waals surface area contributed by atoms with Crippen LogP contribution in [-0.2, 0) is 27.3 Å². The van der Waals surface area contributed by atoms with Crippen LogP contribution in [0.2, 0.25) is 15.1 Å². The molecule has 2 saturated heterocycles. The lowest BCUT2D eigenvalue weighted by molar-refractivity contribution is -0.139. The molecule has 3 heterocycles. The van der Waals surface area contributed by atoms with Crippen LogP contribution >= 0.6 is 34.8 Å². The molecule has 2 unspecified atom stereocenters. The summed E-state index contributed by atoms with van der Waals surface area (Å²) in [7, 11) is 0. The zero-order chi connectivity index (χ0) is 39.0. The fraction of sp³-hybridized carbons (Fsp3) is 0.524. The van der Waals surface area contributed by atoms with Gasteiger partial charge in [-0.1, -0.05) is 53.0 Å². The van der Waals surface area contributed by atoms with E-state index in [0.29, 0.717) is 46.9 Å². The Bertz CT molecular complexity index is 1890. The zero-order valence-corrected chi connectivity index (χ0v) is 34.2. The maximum absolute atomic E-state index is 14.8. The maximum Gasteiger partial charge on any atom is 0.410 e. The third-order valence-corrected chi connectivity index (χ3v) is 11.6. The highest BCUT2D eigenvalue weighted by molar-refractivity contribution is 6.37. The van der Waals surface area contributed by atoms with E-state index in [1.54, 1.807) is 4.90 Å². The van der Waals surface area contributed by atoms with Gasteiger partial charge in [-0.15, -0.1) is 0 Å². The van der Waals surface area contributed by atoms with Gasteiger partial charge in [-0.05, 0) is 106 Å². The van der Waals surface area contributed by atoms with Gasteiger partial charge in [-0.25, -0.2) is 9.78 Å². The lowest BCUT2D eigenvalue weighted by Crippen LogP contribution is -2.51. The van der Waals surface area contributed by atoms with Crippen LogP contribution in [0.4, 0.5) is 10.6 Å². The Morgan fingerprint density at radius 3 is 2.31 bits per heavy atom. The molecule has 294 valence electrons. The molecule has 4 aliphatic rings. The van der Waals surface area contributed by atoms with Crippen LogP contribution in [0.15, 0.2) is 48.7 Å². The van der Waals surface area contributed by atoms with Gasteiger partial charge >= 0.3 is 6.09 Å². The van der Waals surface area contributed by atoms with Crippen molar-refractivity contribution in [1.82, 2.24) is 20.1 Å². The quantitative estimate of drug-likeness (QED) is 0.208. The average molecular weight is 811 g/mol. The van der Waals surface area contributed by atoms with Gasteiger partial charge in [-0.3, -0.25) is 9.59 Å². The summed E-state index contributed by atoms with van der Waals surface area (Å²) in [5.74, 6) is 0.615. The van der Waals surface area contributed by atoms with Gasteiger partial charge in [0.05, 0.1) is 28.9 Å². The molecule has 0 spiro atoms. The number of benzene rings is 2. The summed E-state index contributed by atoms with van der Waals surface area (Å²) in [5.41, 5.74) is 2.93. The summed E-state index contributed by atoms with van der Waals surface area (Å²) in [6.45, 7) is 9.88. The van der Waals surface area contributed by atoms with E-state index in [1.807, 2.05) is 75.2 Å². The largest absolute Gasteiger partial charge is 0.485 e. The summed E-state index contributed by atoms with van der Waals surface area (Å²) in [4.78, 5) is 51.4. The summed E-state index contributed by atoms with van der Waals surface area (Å²) < 4.78 is 12.0. The zero-order valence-electron chi connectivity index (χ0n) is 32.0. The highest BCUT2D eigenvalue weighted by Gasteiger charge is 2.44. The van der Waals surface area contributed by atoms with Crippen molar-refractivity contribution in [2.24, 2.45) is 5.92 Å². The molecule has 0 bridgehead atoms. The van der Waals surface area contributed by atoms with E-state index >= 15 is 0 Å². The Hall–Kier alpha value is -3.73. The van der Waals surface area contributed by atoms with Gasteiger partial charge in [0.1, 0.15) is 17.5 Å². The van der Waals surface area contributed by atoms with Crippen LogP contribution in [0.25, 0.3) is 0 Å². The van der Waals surface area contributed by atoms with Crippen LogP contribution in [-0.4, -0.2) is 82.7 Å². The number of halogens is 3. The number of likely N-dealkylation sites (tertiary alicyclic amines) is 1. The predicted octanol–water partition coefficient (Wildman–Crippen LogP) is 8.36. The molecular formula is C42H50Cl3N5O5. The Labute approximate surface area is 338 Å². The van der Waals surface area contributed by atoms with Crippen LogP contribution in [0, 0.1) is 12.8 Å². The van der Waals surface area contributed by atoms with E-state index in [-0.39, 0.29) is 48.9 Å². The topological polar surface area (TPSA) is 104 Å². The number of nitrogens with one attached hydrogen (secondary N) is 1. The number of amides is 3. The van der Waals surface area contributed by atoms with Gasteiger partial charge in [0, 0.05) is 61.8 Å². The van der Waals surface area contributed by atoms with E-state index in [0.717, 1.165) is 66.7 Å². The highest BCUT2D eigenvalue weighted by atomic mass is 35.5. The number of carbonyl (C=O) groups is 3. The normalized spacial score (nSPS) is 21.3. The first-order valence-electron chi connectivity index (χ1n) is 19.4. The summed E-state index contributed by atoms with van der Waals surface area (Å²) in [5, 5.41) is 4.60. The van der Waals surface area contributed by atoms with Crippen molar-refractivity contribution < 1.29 is 23.9 Å². The molecule has 2 aliphatic heterocycles. The molecule has 13 heteroatoms. The van der Waals surface area contributed by atoms with Crippen molar-refractivity contribution in [2.75, 3.05) is 31.1 Å². The van der Waals surface area contributed by atoms with Crippen molar-refractivity contribution in [3.63, 3.8) is 0 Å². The van der Waals surface area contributed by atoms with Gasteiger partial charge in [0.2, 0.25) is 11.8 Å². The van der Waals surface area contributed by atoms with E-state index in [1.165, 1.54) is 0 Å². The maximum atomic E-state index is 14.8. The standard InChI is InChI=1S/C42H50Cl3N5O5/c1-25-17-35(44)39(36(45)18-25)54-31-13-15-48(23-31)37-12-6-27(21-46-37)32-14-16-49(41(53)55-42(2,3)4)24-33(32)40(52)50(30-9-10-30)22-28-19-26(5-11-34(28)43)20-38(51)47-29-7-8-29/h5-6,11-12,17-19,21,29-33H,7-10,13-16,20,22-24H2,1-4H3,(H,47,51)/t31-,32?,33?/m0/s1. The Morgan fingerprint density at radius 2 is 1.65 bits per heavy atom. The van der Waals surface area contributed by atoms with Gasteiger partial charge in [0.15, 0.2) is 5.75 Å². The molecule has 2 aliphatic carbocycles. The van der Waals surface area contributed by atoms with E-state index in [4.69, 9.17) is 49.3 Å². The molecule has 1 aromatic heterocycles. The number of rotatable bonds is 11. The monoisotopic (exact) mass is 809 g/mol. The van der Waals surface area contributed by atoms with Gasteiger partial charge < -0.3 is 29.5 Å². The molecule has 4 fully saturated rings. The molecule has 3 atom stereocenters. The minimum Gasteiger partial charge on any atom is -0.485 e. The molecule has 2 saturated carbocycles. The molecule has 10 nitrogen and oxygen atoms in total. The first kappa shape index (κ1) is 39.5. The smallest absolute Gasteiger partial charge is 0.410 e.